The molecule has 2 unspecified atom stereocenters. The number of hydrogen-bond acceptors (Lipinski definition) is 4. The maximum atomic E-state index is 12.4. The first-order valence-electron chi connectivity index (χ1n) is 6.85. The molecule has 7 heteroatoms. The Labute approximate surface area is 122 Å². The fraction of sp³-hybridized carbons (Fsp3) is 0.769. The molecule has 2 atom stereocenters. The molecule has 0 bridgehead atoms. The van der Waals surface area contributed by atoms with Gasteiger partial charge in [-0.05, 0) is 12.3 Å². The molecule has 2 amide bonds. The third-order valence-corrected chi connectivity index (χ3v) is 5.30. The van der Waals surface area contributed by atoms with Gasteiger partial charge in [0.1, 0.15) is 6.04 Å². The number of carbonyl (C=O) groups excluding carboxylic acids is 2. The van der Waals surface area contributed by atoms with E-state index in [1.165, 1.54) is 21.6 Å². The van der Waals surface area contributed by atoms with Crippen molar-refractivity contribution in [3.8, 4) is 0 Å². The van der Waals surface area contributed by atoms with Crippen molar-refractivity contribution in [2.75, 3.05) is 18.8 Å². The van der Waals surface area contributed by atoms with Crippen molar-refractivity contribution in [2.24, 2.45) is 5.92 Å². The lowest BCUT2D eigenvalue weighted by molar-refractivity contribution is -0.150. The molecular weight excluding hydrogens is 280 g/mol. The van der Waals surface area contributed by atoms with E-state index < -0.39 is 12.0 Å². The van der Waals surface area contributed by atoms with Crippen LogP contribution in [0.25, 0.3) is 0 Å². The number of amides is 2. The Hall–Kier alpha value is -1.24. The Morgan fingerprint density at radius 2 is 2.15 bits per heavy atom. The van der Waals surface area contributed by atoms with Crippen LogP contribution in [0.2, 0.25) is 0 Å². The first-order chi connectivity index (χ1) is 9.41. The van der Waals surface area contributed by atoms with E-state index in [4.69, 9.17) is 0 Å². The van der Waals surface area contributed by atoms with Crippen molar-refractivity contribution in [1.82, 2.24) is 9.80 Å². The van der Waals surface area contributed by atoms with Crippen LogP contribution in [-0.2, 0) is 14.4 Å². The van der Waals surface area contributed by atoms with Crippen LogP contribution in [0.15, 0.2) is 0 Å². The monoisotopic (exact) mass is 300 g/mol. The molecule has 2 aliphatic rings. The molecule has 0 saturated carbocycles. The summed E-state index contributed by atoms with van der Waals surface area (Å²) in [6.07, 6.45) is 1.26. The van der Waals surface area contributed by atoms with Crippen molar-refractivity contribution >= 4 is 29.5 Å². The molecule has 0 radical (unpaired) electrons. The molecule has 6 nitrogen and oxygen atoms in total. The zero-order chi connectivity index (χ0) is 14.9. The largest absolute Gasteiger partial charge is 0.480 e. The van der Waals surface area contributed by atoms with Crippen molar-refractivity contribution in [1.29, 1.82) is 0 Å². The first kappa shape index (κ1) is 15.2. The van der Waals surface area contributed by atoms with Gasteiger partial charge in [0.25, 0.3) is 0 Å². The molecule has 2 rings (SSSR count). The number of thioether (sulfide) groups is 1. The fourth-order valence-corrected chi connectivity index (χ4v) is 4.16. The summed E-state index contributed by atoms with van der Waals surface area (Å²) >= 11 is 1.50. The number of aliphatic carboxylic acids is 1. The number of carboxylic acids is 1. The molecule has 2 saturated heterocycles. The summed E-state index contributed by atoms with van der Waals surface area (Å²) in [5, 5.41) is 9.13. The second-order valence-corrected chi connectivity index (χ2v) is 6.69. The Balaban J connectivity index is 2.10. The average Bonchev–Trinajstić information content (AvgIpc) is 2.96. The number of hydrogen-bond donors (Lipinski definition) is 1. The molecule has 112 valence electrons. The van der Waals surface area contributed by atoms with Crippen molar-refractivity contribution in [3.05, 3.63) is 0 Å². The summed E-state index contributed by atoms with van der Waals surface area (Å²) in [4.78, 5) is 38.3. The molecule has 1 N–H and O–H groups in total. The van der Waals surface area contributed by atoms with Crippen LogP contribution < -0.4 is 0 Å². The summed E-state index contributed by atoms with van der Waals surface area (Å²) in [6, 6.07) is -0.780. The molecule has 2 fully saturated rings. The molecule has 0 aromatic carbocycles. The van der Waals surface area contributed by atoms with Gasteiger partial charge in [-0.3, -0.25) is 9.59 Å². The van der Waals surface area contributed by atoms with Crippen LogP contribution in [0, 0.1) is 5.92 Å². The lowest BCUT2D eigenvalue weighted by atomic mass is 10.1. The van der Waals surface area contributed by atoms with Crippen LogP contribution in [0.1, 0.15) is 26.7 Å². The van der Waals surface area contributed by atoms with Crippen LogP contribution in [-0.4, -0.2) is 62.9 Å². The minimum atomic E-state index is -0.971. The van der Waals surface area contributed by atoms with Crippen LogP contribution in [0.4, 0.5) is 0 Å². The molecule has 0 aromatic heterocycles. The van der Waals surface area contributed by atoms with Crippen LogP contribution >= 0.6 is 11.8 Å². The number of rotatable bonds is 4. The molecule has 2 aliphatic heterocycles. The molecule has 0 spiro atoms. The van der Waals surface area contributed by atoms with Crippen LogP contribution in [0.5, 0.6) is 0 Å². The Morgan fingerprint density at radius 1 is 1.45 bits per heavy atom. The first-order valence-corrected chi connectivity index (χ1v) is 7.90. The van der Waals surface area contributed by atoms with E-state index in [-0.39, 0.29) is 29.7 Å². The van der Waals surface area contributed by atoms with Crippen molar-refractivity contribution < 1.29 is 19.5 Å². The molecular formula is C13H20N2O4S. The van der Waals surface area contributed by atoms with Crippen molar-refractivity contribution in [2.45, 2.75) is 38.1 Å². The topological polar surface area (TPSA) is 77.9 Å². The smallest absolute Gasteiger partial charge is 0.327 e. The van der Waals surface area contributed by atoms with Gasteiger partial charge in [0.2, 0.25) is 11.8 Å². The lowest BCUT2D eigenvalue weighted by Crippen LogP contribution is -2.50. The minimum Gasteiger partial charge on any atom is -0.480 e. The lowest BCUT2D eigenvalue weighted by Gasteiger charge is -2.31. The summed E-state index contributed by atoms with van der Waals surface area (Å²) < 4.78 is 0. The Kier molecular flexibility index (Phi) is 4.57. The standard InChI is InChI=1S/C13H20N2O4S/c1-8(2)12-15(9(7-20-12)13(18)19)11(17)6-14-5-3-4-10(14)16/h8-9,12H,3-7H2,1-2H3,(H,18,19). The van der Waals surface area contributed by atoms with Gasteiger partial charge in [-0.1, -0.05) is 13.8 Å². The Bertz CT molecular complexity index is 427. The van der Waals surface area contributed by atoms with Gasteiger partial charge >= 0.3 is 5.97 Å². The summed E-state index contributed by atoms with van der Waals surface area (Å²) in [5.41, 5.74) is 0. The van der Waals surface area contributed by atoms with Gasteiger partial charge in [-0.25, -0.2) is 4.79 Å². The number of carbonyl (C=O) groups is 3. The van der Waals surface area contributed by atoms with Gasteiger partial charge in [0.15, 0.2) is 0 Å². The highest BCUT2D eigenvalue weighted by atomic mass is 32.2. The molecule has 20 heavy (non-hydrogen) atoms. The van der Waals surface area contributed by atoms with Gasteiger partial charge in [0.05, 0.1) is 11.9 Å². The zero-order valence-corrected chi connectivity index (χ0v) is 12.6. The SMILES string of the molecule is CC(C)C1SCC(C(=O)O)N1C(=O)CN1CCCC1=O. The number of nitrogens with zero attached hydrogens (tertiary/aromatic N) is 2. The van der Waals surface area contributed by atoms with Gasteiger partial charge in [-0.2, -0.15) is 0 Å². The van der Waals surface area contributed by atoms with E-state index in [1.807, 2.05) is 13.8 Å². The molecule has 2 heterocycles. The van der Waals surface area contributed by atoms with E-state index in [2.05, 4.69) is 0 Å². The summed E-state index contributed by atoms with van der Waals surface area (Å²) in [7, 11) is 0. The zero-order valence-electron chi connectivity index (χ0n) is 11.7. The molecule has 0 aliphatic carbocycles. The third kappa shape index (κ3) is 2.92. The van der Waals surface area contributed by atoms with E-state index in [0.717, 1.165) is 6.42 Å². The van der Waals surface area contributed by atoms with E-state index in [1.54, 1.807) is 0 Å². The Morgan fingerprint density at radius 3 is 2.65 bits per heavy atom. The highest BCUT2D eigenvalue weighted by Crippen LogP contribution is 2.34. The second-order valence-electron chi connectivity index (χ2n) is 5.54. The second kappa shape index (κ2) is 6.03. The fourth-order valence-electron chi connectivity index (χ4n) is 2.66. The summed E-state index contributed by atoms with van der Waals surface area (Å²) in [5.74, 6) is -0.642. The predicted molar refractivity (Wildman–Crippen MR) is 75.2 cm³/mol. The van der Waals surface area contributed by atoms with E-state index in [9.17, 15) is 19.5 Å². The van der Waals surface area contributed by atoms with Gasteiger partial charge in [-0.15, -0.1) is 11.8 Å². The maximum Gasteiger partial charge on any atom is 0.327 e. The van der Waals surface area contributed by atoms with E-state index in [0.29, 0.717) is 18.7 Å². The normalized spacial score (nSPS) is 26.6. The highest BCUT2D eigenvalue weighted by Gasteiger charge is 2.43. The van der Waals surface area contributed by atoms with Gasteiger partial charge < -0.3 is 14.9 Å². The quantitative estimate of drug-likeness (QED) is 0.823. The maximum absolute atomic E-state index is 12.4. The number of carboxylic acid groups (broad SMARTS) is 1. The van der Waals surface area contributed by atoms with Gasteiger partial charge in [0, 0.05) is 18.7 Å². The van der Waals surface area contributed by atoms with Crippen molar-refractivity contribution in [3.63, 3.8) is 0 Å². The molecule has 0 aromatic rings. The predicted octanol–water partition coefficient (Wildman–Crippen LogP) is 0.620. The van der Waals surface area contributed by atoms with Crippen LogP contribution in [0.3, 0.4) is 0 Å². The average molecular weight is 300 g/mol. The third-order valence-electron chi connectivity index (χ3n) is 3.68. The highest BCUT2D eigenvalue weighted by molar-refractivity contribution is 8.00. The summed E-state index contributed by atoms with van der Waals surface area (Å²) in [6.45, 7) is 4.55. The number of likely N-dealkylation sites (tertiary alicyclic amines) is 1. The van der Waals surface area contributed by atoms with E-state index >= 15 is 0 Å². The minimum absolute atomic E-state index is 0.00634.